The number of anilines is 3. The molecule has 2 aromatic heterocycles. The van der Waals surface area contributed by atoms with E-state index in [4.69, 9.17) is 4.98 Å². The number of nitrogens with one attached hydrogen (secondary N) is 2. The van der Waals surface area contributed by atoms with Crippen molar-refractivity contribution in [1.82, 2.24) is 19.9 Å². The number of fused-ring (bicyclic) bond motifs is 2. The summed E-state index contributed by atoms with van der Waals surface area (Å²) >= 11 is 1.27. The summed E-state index contributed by atoms with van der Waals surface area (Å²) in [6.07, 6.45) is -1.09. The van der Waals surface area contributed by atoms with Crippen LogP contribution >= 0.6 is 11.3 Å². The second-order valence-electron chi connectivity index (χ2n) is 12.9. The van der Waals surface area contributed by atoms with Crippen LogP contribution in [0.5, 0.6) is 0 Å². The minimum Gasteiger partial charge on any atom is -0.351 e. The fourth-order valence-electron chi connectivity index (χ4n) is 6.97. The Morgan fingerprint density at radius 2 is 1.63 bits per heavy atom. The molecule has 51 heavy (non-hydrogen) atoms. The summed E-state index contributed by atoms with van der Waals surface area (Å²) in [6, 6.07) is 7.17. The normalized spacial score (nSPS) is 21.2. The molecule has 4 aromatic rings. The van der Waals surface area contributed by atoms with Gasteiger partial charge >= 0.3 is 6.18 Å². The van der Waals surface area contributed by atoms with E-state index in [1.54, 1.807) is 6.07 Å². The van der Waals surface area contributed by atoms with Gasteiger partial charge in [-0.25, -0.2) is 40.6 Å². The molecule has 2 atom stereocenters. The largest absolute Gasteiger partial charge is 0.417 e. The molecule has 2 aromatic carbocycles. The average molecular weight is 770 g/mol. The van der Waals surface area contributed by atoms with E-state index in [1.807, 2.05) is 11.8 Å². The van der Waals surface area contributed by atoms with Crippen molar-refractivity contribution in [2.45, 2.75) is 54.9 Å². The highest BCUT2D eigenvalue weighted by Crippen LogP contribution is 2.45. The van der Waals surface area contributed by atoms with Crippen LogP contribution < -0.4 is 14.9 Å². The van der Waals surface area contributed by atoms with Crippen LogP contribution in [0, 0.1) is 11.6 Å². The molecule has 5 heterocycles. The van der Waals surface area contributed by atoms with Gasteiger partial charge in [-0.05, 0) is 63.1 Å². The van der Waals surface area contributed by atoms with Crippen LogP contribution in [0.3, 0.4) is 0 Å². The molecule has 3 aliphatic rings. The number of alkyl halides is 3. The van der Waals surface area contributed by atoms with E-state index in [0.29, 0.717) is 40.7 Å². The maximum atomic E-state index is 16.5. The molecule has 0 saturated carbocycles. The van der Waals surface area contributed by atoms with E-state index in [1.165, 1.54) is 29.7 Å². The second-order valence-corrected chi connectivity index (χ2v) is 17.8. The van der Waals surface area contributed by atoms with Gasteiger partial charge < -0.3 is 15.1 Å². The molecular formula is C32H32F5N7O4S3. The smallest absolute Gasteiger partial charge is 0.351 e. The van der Waals surface area contributed by atoms with Crippen LogP contribution in [-0.4, -0.2) is 86.5 Å². The zero-order chi connectivity index (χ0) is 36.3. The lowest BCUT2D eigenvalue weighted by Gasteiger charge is -2.39. The Kier molecular flexibility index (Phi) is 9.20. The molecule has 2 bridgehead atoms. The molecule has 3 aliphatic heterocycles. The second kappa shape index (κ2) is 13.2. The number of piperazine rings is 1. The first kappa shape index (κ1) is 35.5. The van der Waals surface area contributed by atoms with Crippen LogP contribution in [0.15, 0.2) is 53.6 Å². The van der Waals surface area contributed by atoms with E-state index >= 15 is 4.39 Å². The van der Waals surface area contributed by atoms with Gasteiger partial charge in [0.05, 0.1) is 39.0 Å². The van der Waals surface area contributed by atoms with Crippen LogP contribution in [0.2, 0.25) is 0 Å². The summed E-state index contributed by atoms with van der Waals surface area (Å²) in [6.45, 7) is 1.59. The van der Waals surface area contributed by atoms with Gasteiger partial charge in [0.1, 0.15) is 20.5 Å². The van der Waals surface area contributed by atoms with Crippen molar-refractivity contribution < 1.29 is 38.8 Å². The third-order valence-electron chi connectivity index (χ3n) is 9.32. The minimum atomic E-state index is -5.27. The standard InChI is InChI=1S/C32H32F5N7O4S3/c1-43-16-19-8-9-20(17-43)44(19)31-41-27(28(49-31)25-10-13-38-30(40-25)39-18-11-14-50(45,46)15-12-18)21-4-2-7-24(26(21)34)42-51(47,48)29-22(32(35,36)37)5-3-6-23(29)33/h2-7,10,13,18-20,42H,8-9,11-12,14-17H2,1H3,(H,38,39,40). The number of hydrogen-bond donors (Lipinski definition) is 2. The van der Waals surface area contributed by atoms with E-state index in [9.17, 15) is 34.4 Å². The fourth-order valence-corrected chi connectivity index (χ4v) is 11.0. The lowest BCUT2D eigenvalue weighted by Crippen LogP contribution is -2.52. The van der Waals surface area contributed by atoms with Gasteiger partial charge in [-0.3, -0.25) is 4.72 Å². The zero-order valence-corrected chi connectivity index (χ0v) is 29.4. The molecule has 3 saturated heterocycles. The van der Waals surface area contributed by atoms with Crippen molar-refractivity contribution in [1.29, 1.82) is 0 Å². The number of sulfone groups is 1. The third-order valence-corrected chi connectivity index (χ3v) is 13.6. The van der Waals surface area contributed by atoms with Crippen molar-refractivity contribution in [3.63, 3.8) is 0 Å². The number of aromatic nitrogens is 3. The number of thiazole rings is 1. The molecule has 19 heteroatoms. The van der Waals surface area contributed by atoms with E-state index in [0.717, 1.165) is 38.1 Å². The molecule has 0 radical (unpaired) electrons. The van der Waals surface area contributed by atoms with Crippen molar-refractivity contribution in [2.24, 2.45) is 0 Å². The maximum absolute atomic E-state index is 16.5. The number of likely N-dealkylation sites (N-methyl/N-ethyl adjacent to an activating group) is 1. The monoisotopic (exact) mass is 769 g/mol. The summed E-state index contributed by atoms with van der Waals surface area (Å²) in [5.74, 6) is -2.49. The molecule has 0 amide bonds. The number of likely N-dealkylation sites (tertiary alicyclic amines) is 1. The van der Waals surface area contributed by atoms with E-state index < -0.39 is 53.8 Å². The summed E-state index contributed by atoms with van der Waals surface area (Å²) in [5.41, 5.74) is -2.13. The van der Waals surface area contributed by atoms with Gasteiger partial charge in [0.2, 0.25) is 5.95 Å². The van der Waals surface area contributed by atoms with Gasteiger partial charge in [-0.15, -0.1) is 0 Å². The molecule has 2 unspecified atom stereocenters. The molecule has 3 fully saturated rings. The molecule has 2 N–H and O–H groups in total. The third kappa shape index (κ3) is 7.12. The Morgan fingerprint density at radius 3 is 2.31 bits per heavy atom. The molecule has 7 rings (SSSR count). The lowest BCUT2D eigenvalue weighted by atomic mass is 10.1. The van der Waals surface area contributed by atoms with Crippen molar-refractivity contribution in [3.05, 3.63) is 65.9 Å². The van der Waals surface area contributed by atoms with Gasteiger partial charge in [0, 0.05) is 43.0 Å². The number of nitrogens with zero attached hydrogens (tertiary/aromatic N) is 5. The van der Waals surface area contributed by atoms with Crippen LogP contribution in [0.25, 0.3) is 21.8 Å². The summed E-state index contributed by atoms with van der Waals surface area (Å²) < 4.78 is 124. The van der Waals surface area contributed by atoms with Crippen molar-refractivity contribution in [3.8, 4) is 21.8 Å². The van der Waals surface area contributed by atoms with Crippen molar-refractivity contribution >= 4 is 48.0 Å². The Bertz CT molecular complexity index is 2170. The van der Waals surface area contributed by atoms with Gasteiger partial charge in [-0.1, -0.05) is 23.5 Å². The van der Waals surface area contributed by atoms with Crippen molar-refractivity contribution in [2.75, 3.05) is 46.6 Å². The Balaban J connectivity index is 1.29. The maximum Gasteiger partial charge on any atom is 0.417 e. The summed E-state index contributed by atoms with van der Waals surface area (Å²) in [4.78, 5) is 17.1. The van der Waals surface area contributed by atoms with E-state index in [-0.39, 0.29) is 46.8 Å². The number of halogens is 5. The fraction of sp³-hybridized carbons (Fsp3) is 0.406. The highest BCUT2D eigenvalue weighted by molar-refractivity contribution is 7.92. The lowest BCUT2D eigenvalue weighted by molar-refractivity contribution is -0.140. The first-order valence-corrected chi connectivity index (χ1v) is 20.2. The summed E-state index contributed by atoms with van der Waals surface area (Å²) in [5, 5.41) is 3.78. The number of sulfonamides is 1. The first-order valence-electron chi connectivity index (χ1n) is 16.0. The molecule has 0 spiro atoms. The predicted octanol–water partition coefficient (Wildman–Crippen LogP) is 5.64. The Labute approximate surface area is 294 Å². The minimum absolute atomic E-state index is 0.0356. The SMILES string of the molecule is CN1CC2CCC(C1)N2c1nc(-c2cccc(NS(=O)(=O)c3c(F)cccc3C(F)(F)F)c2F)c(-c2ccnc(NC3CCS(=O)(=O)CC3)n2)s1. The van der Waals surface area contributed by atoms with Crippen LogP contribution in [0.1, 0.15) is 31.2 Å². The van der Waals surface area contributed by atoms with Gasteiger partial charge in [0.25, 0.3) is 10.0 Å². The predicted molar refractivity (Wildman–Crippen MR) is 183 cm³/mol. The van der Waals surface area contributed by atoms with E-state index in [2.05, 4.69) is 25.1 Å². The molecular weight excluding hydrogens is 738 g/mol. The quantitative estimate of drug-likeness (QED) is 0.217. The van der Waals surface area contributed by atoms with Crippen LogP contribution in [0.4, 0.5) is 38.7 Å². The molecule has 272 valence electrons. The van der Waals surface area contributed by atoms with Gasteiger partial charge in [0.15, 0.2) is 10.9 Å². The highest BCUT2D eigenvalue weighted by atomic mass is 32.2. The zero-order valence-electron chi connectivity index (χ0n) is 27.0. The highest BCUT2D eigenvalue weighted by Gasteiger charge is 2.42. The van der Waals surface area contributed by atoms with Crippen LogP contribution in [-0.2, 0) is 26.0 Å². The average Bonchev–Trinajstić information content (AvgIpc) is 3.61. The number of rotatable bonds is 8. The Hall–Kier alpha value is -3.94. The topological polar surface area (TPSA) is 137 Å². The number of hydrogen-bond acceptors (Lipinski definition) is 11. The summed E-state index contributed by atoms with van der Waals surface area (Å²) in [7, 11) is -6.33. The van der Waals surface area contributed by atoms with Gasteiger partial charge in [-0.2, -0.15) is 13.2 Å². The Morgan fingerprint density at radius 1 is 0.941 bits per heavy atom. The molecule has 0 aliphatic carbocycles. The first-order chi connectivity index (χ1) is 24.1. The molecule has 11 nitrogen and oxygen atoms in total. The number of benzene rings is 2.